The van der Waals surface area contributed by atoms with Gasteiger partial charge in [0.1, 0.15) is 0 Å². The molecule has 0 aliphatic rings. The van der Waals surface area contributed by atoms with Crippen LogP contribution in [0.25, 0.3) is 5.52 Å². The number of imidazole rings is 1. The maximum absolute atomic E-state index is 13.1. The first kappa shape index (κ1) is 21.9. The first-order chi connectivity index (χ1) is 12.9. The molecule has 1 aromatic carbocycles. The Morgan fingerprint density at radius 3 is 2.43 bits per heavy atom. The largest absolute Gasteiger partial charge is 0.336 e. The number of hydrogen-bond donors (Lipinski definition) is 1. The number of halogens is 1. The lowest BCUT2D eigenvalue weighted by Crippen LogP contribution is -2.37. The summed E-state index contributed by atoms with van der Waals surface area (Å²) in [6.45, 7) is 1.15. The zero-order valence-corrected chi connectivity index (χ0v) is 17.1. The topological polar surface area (TPSA) is 97.8 Å². The van der Waals surface area contributed by atoms with Gasteiger partial charge in [-0.1, -0.05) is 36.4 Å². The number of carbonyl (C=O) groups is 1. The van der Waals surface area contributed by atoms with Gasteiger partial charge in [0.25, 0.3) is 5.91 Å². The van der Waals surface area contributed by atoms with E-state index in [0.29, 0.717) is 31.6 Å². The Morgan fingerprint density at radius 2 is 1.79 bits per heavy atom. The molecule has 0 atom stereocenters. The highest BCUT2D eigenvalue weighted by Crippen LogP contribution is 2.19. The lowest BCUT2D eigenvalue weighted by molar-refractivity contribution is 0.0758. The van der Waals surface area contributed by atoms with Crippen molar-refractivity contribution < 1.29 is 13.2 Å². The van der Waals surface area contributed by atoms with E-state index in [1.165, 1.54) is 4.40 Å². The fraction of sp³-hybridized carbons (Fsp3) is 0.263. The fourth-order valence-corrected chi connectivity index (χ4v) is 3.73. The van der Waals surface area contributed by atoms with Crippen LogP contribution >= 0.6 is 12.4 Å². The zero-order chi connectivity index (χ0) is 19.4. The normalized spacial score (nSPS) is 11.2. The molecule has 9 heteroatoms. The van der Waals surface area contributed by atoms with E-state index < -0.39 is 9.84 Å². The molecule has 0 saturated heterocycles. The molecule has 150 valence electrons. The number of aromatic nitrogens is 2. The Morgan fingerprint density at radius 1 is 1.11 bits per heavy atom. The van der Waals surface area contributed by atoms with Crippen LogP contribution in [0.15, 0.2) is 59.9 Å². The Bertz CT molecular complexity index is 1050. The molecule has 7 nitrogen and oxygen atoms in total. The van der Waals surface area contributed by atoms with E-state index >= 15 is 0 Å². The number of benzene rings is 1. The molecule has 0 aliphatic carbocycles. The van der Waals surface area contributed by atoms with Crippen LogP contribution < -0.4 is 5.73 Å². The van der Waals surface area contributed by atoms with Crippen LogP contribution in [0.4, 0.5) is 0 Å². The first-order valence-corrected chi connectivity index (χ1v) is 10.5. The van der Waals surface area contributed by atoms with E-state index in [9.17, 15) is 13.2 Å². The number of amides is 1. The van der Waals surface area contributed by atoms with Gasteiger partial charge in [-0.2, -0.15) is 0 Å². The van der Waals surface area contributed by atoms with Crippen LogP contribution in [-0.2, 0) is 16.3 Å². The van der Waals surface area contributed by atoms with Crippen LogP contribution in [0, 0.1) is 0 Å². The van der Waals surface area contributed by atoms with Gasteiger partial charge in [0.05, 0.1) is 5.52 Å². The van der Waals surface area contributed by atoms with Gasteiger partial charge in [-0.25, -0.2) is 13.4 Å². The van der Waals surface area contributed by atoms with Crippen molar-refractivity contribution >= 4 is 33.7 Å². The lowest BCUT2D eigenvalue weighted by atomic mass is 10.1. The van der Waals surface area contributed by atoms with E-state index in [4.69, 9.17) is 5.73 Å². The Balaban J connectivity index is 0.00000280. The second-order valence-electron chi connectivity index (χ2n) is 6.29. The quantitative estimate of drug-likeness (QED) is 0.626. The third-order valence-electron chi connectivity index (χ3n) is 4.25. The Labute approximate surface area is 170 Å². The molecule has 0 unspecified atom stereocenters. The van der Waals surface area contributed by atoms with Gasteiger partial charge in [0.15, 0.2) is 5.69 Å². The predicted molar refractivity (Wildman–Crippen MR) is 111 cm³/mol. The summed E-state index contributed by atoms with van der Waals surface area (Å²) in [7, 11) is -3.58. The predicted octanol–water partition coefficient (Wildman–Crippen LogP) is 1.80. The van der Waals surface area contributed by atoms with Crippen molar-refractivity contribution in [2.45, 2.75) is 11.6 Å². The van der Waals surface area contributed by atoms with Crippen molar-refractivity contribution in [1.82, 2.24) is 14.3 Å². The molecule has 3 aromatic rings. The summed E-state index contributed by atoms with van der Waals surface area (Å²) in [5.74, 6) is -0.324. The van der Waals surface area contributed by atoms with Crippen LogP contribution in [0.5, 0.6) is 0 Å². The fourth-order valence-electron chi connectivity index (χ4n) is 2.96. The number of hydrogen-bond acceptors (Lipinski definition) is 5. The van der Waals surface area contributed by atoms with E-state index in [1.807, 2.05) is 30.3 Å². The number of nitrogens with zero attached hydrogens (tertiary/aromatic N) is 3. The molecule has 2 N–H and O–H groups in total. The average molecular weight is 423 g/mol. The maximum Gasteiger partial charge on any atom is 0.274 e. The van der Waals surface area contributed by atoms with Gasteiger partial charge < -0.3 is 10.6 Å². The number of rotatable bonds is 7. The first-order valence-electron chi connectivity index (χ1n) is 8.62. The van der Waals surface area contributed by atoms with E-state index in [0.717, 1.165) is 11.8 Å². The minimum absolute atomic E-state index is 0. The summed E-state index contributed by atoms with van der Waals surface area (Å²) in [5, 5.41) is -0.141. The average Bonchev–Trinajstić information content (AvgIpc) is 3.05. The minimum atomic E-state index is -3.58. The summed E-state index contributed by atoms with van der Waals surface area (Å²) in [6, 6.07) is 15.0. The van der Waals surface area contributed by atoms with Gasteiger partial charge in [-0.3, -0.25) is 9.20 Å². The number of pyridine rings is 1. The number of carbonyl (C=O) groups excluding carboxylic acids is 1. The van der Waals surface area contributed by atoms with E-state index in [-0.39, 0.29) is 29.2 Å². The maximum atomic E-state index is 13.1. The summed E-state index contributed by atoms with van der Waals surface area (Å²) in [5.41, 5.74) is 7.38. The Hall–Kier alpha value is -2.42. The monoisotopic (exact) mass is 422 g/mol. The molecule has 0 bridgehead atoms. The third kappa shape index (κ3) is 4.70. The molecule has 2 aromatic heterocycles. The summed E-state index contributed by atoms with van der Waals surface area (Å²) >= 11 is 0. The van der Waals surface area contributed by atoms with Crippen molar-refractivity contribution in [3.8, 4) is 0 Å². The SMILES string of the molecule is CS(=O)(=O)c1nc(C(=O)N(CCN)CCc2ccccc2)c2ccccn12.Cl. The van der Waals surface area contributed by atoms with E-state index in [1.54, 1.807) is 29.3 Å². The second-order valence-corrected chi connectivity index (χ2v) is 8.20. The molecule has 2 heterocycles. The lowest BCUT2D eigenvalue weighted by Gasteiger charge is -2.21. The van der Waals surface area contributed by atoms with Crippen LogP contribution in [0.2, 0.25) is 0 Å². The van der Waals surface area contributed by atoms with Gasteiger partial charge in [0.2, 0.25) is 15.0 Å². The summed E-state index contributed by atoms with van der Waals surface area (Å²) < 4.78 is 25.6. The molecular weight excluding hydrogens is 400 g/mol. The number of sulfone groups is 1. The molecule has 0 saturated carbocycles. The van der Waals surface area contributed by atoms with Gasteiger partial charge >= 0.3 is 0 Å². The Kier molecular flexibility index (Phi) is 7.17. The van der Waals surface area contributed by atoms with Crippen LogP contribution in [0.3, 0.4) is 0 Å². The molecule has 0 radical (unpaired) electrons. The van der Waals surface area contributed by atoms with Crippen LogP contribution in [-0.4, -0.2) is 54.5 Å². The van der Waals surface area contributed by atoms with Gasteiger partial charge in [0, 0.05) is 32.1 Å². The standard InChI is InChI=1S/C19H22N4O3S.ClH/c1-27(25,26)19-21-17(16-9-5-6-12-23(16)19)18(24)22(14-11-20)13-10-15-7-3-2-4-8-15;/h2-9,12H,10-11,13-14,20H2,1H3;1H. The summed E-state index contributed by atoms with van der Waals surface area (Å²) in [4.78, 5) is 18.9. The molecule has 0 fully saturated rings. The third-order valence-corrected chi connectivity index (χ3v) is 5.20. The van der Waals surface area contributed by atoms with Crippen molar-refractivity contribution in [2.24, 2.45) is 5.73 Å². The van der Waals surface area contributed by atoms with Gasteiger partial charge in [-0.05, 0) is 24.1 Å². The molecule has 0 spiro atoms. The molecule has 28 heavy (non-hydrogen) atoms. The minimum Gasteiger partial charge on any atom is -0.336 e. The number of nitrogens with two attached hydrogens (primary N) is 1. The molecule has 1 amide bonds. The smallest absolute Gasteiger partial charge is 0.274 e. The number of fused-ring (bicyclic) bond motifs is 1. The molecule has 0 aliphatic heterocycles. The van der Waals surface area contributed by atoms with Gasteiger partial charge in [-0.15, -0.1) is 12.4 Å². The second kappa shape index (κ2) is 9.18. The van der Waals surface area contributed by atoms with E-state index in [2.05, 4.69) is 4.98 Å². The highest BCUT2D eigenvalue weighted by molar-refractivity contribution is 7.90. The molecular formula is C19H23ClN4O3S. The van der Waals surface area contributed by atoms with Crippen molar-refractivity contribution in [3.63, 3.8) is 0 Å². The highest BCUT2D eigenvalue weighted by Gasteiger charge is 2.25. The van der Waals surface area contributed by atoms with Crippen molar-refractivity contribution in [2.75, 3.05) is 25.9 Å². The van der Waals surface area contributed by atoms with Crippen molar-refractivity contribution in [3.05, 3.63) is 66.0 Å². The summed E-state index contributed by atoms with van der Waals surface area (Å²) in [6.07, 6.45) is 3.35. The van der Waals surface area contributed by atoms with Crippen LogP contribution in [0.1, 0.15) is 16.1 Å². The zero-order valence-electron chi connectivity index (χ0n) is 15.5. The molecule has 3 rings (SSSR count). The highest BCUT2D eigenvalue weighted by atomic mass is 35.5. The van der Waals surface area contributed by atoms with Crippen molar-refractivity contribution in [1.29, 1.82) is 0 Å².